The van der Waals surface area contributed by atoms with Crippen LogP contribution in [-0.4, -0.2) is 58.2 Å². The zero-order valence-electron chi connectivity index (χ0n) is 19.3. The third kappa shape index (κ3) is 8.55. The molecule has 2 aromatic rings. The van der Waals surface area contributed by atoms with Crippen molar-refractivity contribution in [3.8, 4) is 5.75 Å². The summed E-state index contributed by atoms with van der Waals surface area (Å²) in [5, 5.41) is 25.4. The van der Waals surface area contributed by atoms with Gasteiger partial charge in [0.05, 0.1) is 12.2 Å². The number of aliphatic hydroxyl groups is 1. The topological polar surface area (TPSA) is 106 Å². The summed E-state index contributed by atoms with van der Waals surface area (Å²) in [5.41, 5.74) is 0.783. The summed E-state index contributed by atoms with van der Waals surface area (Å²) in [6.45, 7) is 10.6. The highest BCUT2D eigenvalue weighted by molar-refractivity contribution is 5.79. The molecule has 9 nitrogen and oxygen atoms in total. The van der Waals surface area contributed by atoms with Gasteiger partial charge in [-0.3, -0.25) is 0 Å². The molecule has 3 N–H and O–H groups in total. The Morgan fingerprint density at radius 1 is 1.26 bits per heavy atom. The summed E-state index contributed by atoms with van der Waals surface area (Å²) in [6.07, 6.45) is 0.229. The van der Waals surface area contributed by atoms with E-state index in [2.05, 4.69) is 25.8 Å². The second-order valence-electron chi connectivity index (χ2n) is 7.50. The highest BCUT2D eigenvalue weighted by atomic mass is 16.5. The van der Waals surface area contributed by atoms with Gasteiger partial charge >= 0.3 is 0 Å². The minimum atomic E-state index is -0.705. The van der Waals surface area contributed by atoms with Crippen LogP contribution in [0.5, 0.6) is 5.75 Å². The van der Waals surface area contributed by atoms with Crippen molar-refractivity contribution in [1.82, 2.24) is 25.4 Å². The summed E-state index contributed by atoms with van der Waals surface area (Å²) in [6, 6.07) is 7.52. The predicted octanol–water partition coefficient (Wildman–Crippen LogP) is 2.11. The van der Waals surface area contributed by atoms with Crippen molar-refractivity contribution < 1.29 is 14.6 Å². The first-order valence-electron chi connectivity index (χ1n) is 10.8. The van der Waals surface area contributed by atoms with Crippen LogP contribution in [0, 0.1) is 6.92 Å². The molecule has 0 amide bonds. The summed E-state index contributed by atoms with van der Waals surface area (Å²) in [4.78, 5) is 4.60. The molecule has 0 aliphatic rings. The van der Waals surface area contributed by atoms with Crippen LogP contribution in [0.2, 0.25) is 0 Å². The van der Waals surface area contributed by atoms with Gasteiger partial charge in [-0.2, -0.15) is 0 Å². The van der Waals surface area contributed by atoms with Gasteiger partial charge in [0.2, 0.25) is 0 Å². The highest BCUT2D eigenvalue weighted by Gasteiger charge is 2.11. The SMILES string of the molecule is CCOCCCNC(=NCc1nnc(C)n1C)NCC(O)c1cccc(OC(C)C)c1. The summed E-state index contributed by atoms with van der Waals surface area (Å²) in [7, 11) is 1.92. The maximum atomic E-state index is 10.7. The summed E-state index contributed by atoms with van der Waals surface area (Å²) >= 11 is 0. The van der Waals surface area contributed by atoms with Crippen molar-refractivity contribution in [3.05, 3.63) is 41.5 Å². The van der Waals surface area contributed by atoms with Crippen molar-refractivity contribution in [1.29, 1.82) is 0 Å². The molecule has 0 aliphatic carbocycles. The van der Waals surface area contributed by atoms with E-state index in [4.69, 9.17) is 9.47 Å². The highest BCUT2D eigenvalue weighted by Crippen LogP contribution is 2.19. The molecule has 0 aliphatic heterocycles. The van der Waals surface area contributed by atoms with E-state index in [9.17, 15) is 5.11 Å². The molecule has 1 unspecified atom stereocenters. The second kappa shape index (κ2) is 12.9. The Hall–Kier alpha value is -2.65. The van der Waals surface area contributed by atoms with Gasteiger partial charge in [-0.25, -0.2) is 4.99 Å². The van der Waals surface area contributed by atoms with Crippen molar-refractivity contribution in [2.45, 2.75) is 52.9 Å². The number of nitrogens with one attached hydrogen (secondary N) is 2. The van der Waals surface area contributed by atoms with Crippen LogP contribution in [0.1, 0.15) is 50.5 Å². The second-order valence-corrected chi connectivity index (χ2v) is 7.50. The first-order chi connectivity index (χ1) is 14.9. The van der Waals surface area contributed by atoms with Gasteiger partial charge in [0, 0.05) is 33.4 Å². The summed E-state index contributed by atoms with van der Waals surface area (Å²) < 4.78 is 13.0. The molecule has 1 aromatic carbocycles. The smallest absolute Gasteiger partial charge is 0.191 e. The minimum Gasteiger partial charge on any atom is -0.491 e. The van der Waals surface area contributed by atoms with Gasteiger partial charge in [0.1, 0.15) is 18.1 Å². The van der Waals surface area contributed by atoms with E-state index in [0.29, 0.717) is 38.8 Å². The van der Waals surface area contributed by atoms with E-state index in [1.165, 1.54) is 0 Å². The van der Waals surface area contributed by atoms with Crippen LogP contribution < -0.4 is 15.4 Å². The number of nitrogens with zero attached hydrogens (tertiary/aromatic N) is 4. The molecular formula is C22H36N6O3. The Bertz CT molecular complexity index is 821. The van der Waals surface area contributed by atoms with Gasteiger partial charge in [0.25, 0.3) is 0 Å². The van der Waals surface area contributed by atoms with E-state index in [1.54, 1.807) is 0 Å². The molecule has 1 aromatic heterocycles. The van der Waals surface area contributed by atoms with Crippen LogP contribution in [0.15, 0.2) is 29.3 Å². The first kappa shape index (κ1) is 24.6. The van der Waals surface area contributed by atoms with Crippen molar-refractivity contribution in [2.75, 3.05) is 26.3 Å². The molecule has 1 heterocycles. The molecule has 0 saturated carbocycles. The average Bonchev–Trinajstić information content (AvgIpc) is 3.06. The molecule has 0 radical (unpaired) electrons. The van der Waals surface area contributed by atoms with Gasteiger partial charge in [-0.05, 0) is 51.8 Å². The number of hydrogen-bond donors (Lipinski definition) is 3. The lowest BCUT2D eigenvalue weighted by Crippen LogP contribution is -2.40. The molecule has 1 atom stereocenters. The van der Waals surface area contributed by atoms with Crippen molar-refractivity contribution in [2.24, 2.45) is 12.0 Å². The molecule has 31 heavy (non-hydrogen) atoms. The van der Waals surface area contributed by atoms with E-state index in [0.717, 1.165) is 29.4 Å². The number of benzene rings is 1. The fourth-order valence-corrected chi connectivity index (χ4v) is 2.82. The minimum absolute atomic E-state index is 0.0781. The third-order valence-corrected chi connectivity index (χ3v) is 4.60. The Morgan fingerprint density at radius 2 is 2.06 bits per heavy atom. The van der Waals surface area contributed by atoms with E-state index >= 15 is 0 Å². The lowest BCUT2D eigenvalue weighted by molar-refractivity contribution is 0.145. The fourth-order valence-electron chi connectivity index (χ4n) is 2.82. The Labute approximate surface area is 184 Å². The van der Waals surface area contributed by atoms with Crippen LogP contribution in [0.3, 0.4) is 0 Å². The summed E-state index contributed by atoms with van der Waals surface area (Å²) in [5.74, 6) is 2.95. The van der Waals surface area contributed by atoms with Gasteiger partial charge in [-0.15, -0.1) is 10.2 Å². The number of rotatable bonds is 12. The molecular weight excluding hydrogens is 396 g/mol. The van der Waals surface area contributed by atoms with E-state index in [-0.39, 0.29) is 6.10 Å². The quantitative estimate of drug-likeness (QED) is 0.268. The average molecular weight is 433 g/mol. The van der Waals surface area contributed by atoms with Gasteiger partial charge in [0.15, 0.2) is 11.8 Å². The monoisotopic (exact) mass is 432 g/mol. The first-order valence-corrected chi connectivity index (χ1v) is 10.8. The third-order valence-electron chi connectivity index (χ3n) is 4.60. The van der Waals surface area contributed by atoms with Crippen LogP contribution in [0.4, 0.5) is 0 Å². The molecule has 0 saturated heterocycles. The molecule has 2 rings (SSSR count). The number of hydrogen-bond acceptors (Lipinski definition) is 6. The predicted molar refractivity (Wildman–Crippen MR) is 121 cm³/mol. The number of aryl methyl sites for hydroxylation is 1. The number of aliphatic hydroxyl groups excluding tert-OH is 1. The fraction of sp³-hybridized carbons (Fsp3) is 0.591. The molecule has 0 bridgehead atoms. The number of guanidine groups is 1. The number of aliphatic imine (C=N–C) groups is 1. The van der Waals surface area contributed by atoms with Crippen LogP contribution in [-0.2, 0) is 18.3 Å². The zero-order chi connectivity index (χ0) is 22.6. The number of aromatic nitrogens is 3. The van der Waals surface area contributed by atoms with Crippen molar-refractivity contribution >= 4 is 5.96 Å². The van der Waals surface area contributed by atoms with E-state index < -0.39 is 6.10 Å². The van der Waals surface area contributed by atoms with Gasteiger partial charge < -0.3 is 29.8 Å². The molecule has 0 spiro atoms. The molecule has 0 fully saturated rings. The van der Waals surface area contributed by atoms with Crippen LogP contribution >= 0.6 is 0 Å². The normalized spacial score (nSPS) is 12.8. The van der Waals surface area contributed by atoms with Gasteiger partial charge in [-0.1, -0.05) is 12.1 Å². The van der Waals surface area contributed by atoms with Crippen molar-refractivity contribution in [3.63, 3.8) is 0 Å². The standard InChI is InChI=1S/C22H36N6O3/c1-6-30-12-8-11-23-22(25-15-21-27-26-17(4)28(21)5)24-14-20(29)18-9-7-10-19(13-18)31-16(2)3/h7,9-10,13,16,20,29H,6,8,11-12,14-15H2,1-5H3,(H2,23,24,25). The van der Waals surface area contributed by atoms with E-state index in [1.807, 2.05) is 63.6 Å². The maximum Gasteiger partial charge on any atom is 0.191 e. The maximum absolute atomic E-state index is 10.7. The Balaban J connectivity index is 1.98. The molecule has 9 heteroatoms. The lowest BCUT2D eigenvalue weighted by atomic mass is 10.1. The largest absolute Gasteiger partial charge is 0.491 e. The zero-order valence-corrected chi connectivity index (χ0v) is 19.3. The molecule has 172 valence electrons. The Morgan fingerprint density at radius 3 is 2.74 bits per heavy atom. The Kier molecular flexibility index (Phi) is 10.3. The lowest BCUT2D eigenvalue weighted by Gasteiger charge is -2.17. The van der Waals surface area contributed by atoms with Crippen LogP contribution in [0.25, 0.3) is 0 Å². The number of ether oxygens (including phenoxy) is 2.